The van der Waals surface area contributed by atoms with E-state index in [4.69, 9.17) is 5.11 Å². The maximum Gasteiger partial charge on any atom is 0.330 e. The topological polar surface area (TPSA) is 37.3 Å². The molecule has 2 rings (SSSR count). The summed E-state index contributed by atoms with van der Waals surface area (Å²) in [4.78, 5) is 10.6. The van der Waals surface area contributed by atoms with Crippen LogP contribution in [0.1, 0.15) is 32.1 Å². The number of carbonyl (C=O) groups is 1. The SMILES string of the molecule is C=C(CC1CC2CCC1C2)C(=O)O. The van der Waals surface area contributed by atoms with Crippen LogP contribution in [0.2, 0.25) is 0 Å². The first-order chi connectivity index (χ1) is 6.16. The predicted octanol–water partition coefficient (Wildman–Crippen LogP) is 2.45. The Morgan fingerprint density at radius 2 is 2.15 bits per heavy atom. The Labute approximate surface area is 78.6 Å². The third kappa shape index (κ3) is 1.62. The number of rotatable bonds is 3. The summed E-state index contributed by atoms with van der Waals surface area (Å²) >= 11 is 0. The molecule has 2 saturated carbocycles. The highest BCUT2D eigenvalue weighted by Gasteiger charge is 2.39. The predicted molar refractivity (Wildman–Crippen MR) is 50.3 cm³/mol. The lowest BCUT2D eigenvalue weighted by molar-refractivity contribution is -0.132. The van der Waals surface area contributed by atoms with Crippen LogP contribution in [0.25, 0.3) is 0 Å². The minimum Gasteiger partial charge on any atom is -0.478 e. The fraction of sp³-hybridized carbons (Fsp3) is 0.727. The fourth-order valence-corrected chi connectivity index (χ4v) is 3.03. The summed E-state index contributed by atoms with van der Waals surface area (Å²) < 4.78 is 0. The normalized spacial score (nSPS) is 36.5. The molecule has 0 heterocycles. The van der Waals surface area contributed by atoms with Gasteiger partial charge in [-0.1, -0.05) is 13.0 Å². The molecule has 0 radical (unpaired) electrons. The van der Waals surface area contributed by atoms with E-state index in [1.807, 2.05) is 0 Å². The first-order valence-electron chi connectivity index (χ1n) is 5.08. The van der Waals surface area contributed by atoms with Crippen LogP contribution in [0.4, 0.5) is 0 Å². The molecule has 0 aromatic rings. The van der Waals surface area contributed by atoms with E-state index < -0.39 is 5.97 Å². The molecular formula is C11H16O2. The van der Waals surface area contributed by atoms with Gasteiger partial charge in [0.2, 0.25) is 0 Å². The van der Waals surface area contributed by atoms with Crippen molar-refractivity contribution in [1.82, 2.24) is 0 Å². The summed E-state index contributed by atoms with van der Waals surface area (Å²) in [5, 5.41) is 8.71. The molecule has 2 heteroatoms. The molecule has 3 unspecified atom stereocenters. The Morgan fingerprint density at radius 3 is 2.62 bits per heavy atom. The summed E-state index contributed by atoms with van der Waals surface area (Å²) in [6, 6.07) is 0. The van der Waals surface area contributed by atoms with Crippen LogP contribution in [-0.4, -0.2) is 11.1 Å². The second kappa shape index (κ2) is 3.17. The molecule has 2 aliphatic rings. The lowest BCUT2D eigenvalue weighted by Gasteiger charge is -2.21. The summed E-state index contributed by atoms with van der Waals surface area (Å²) in [6.45, 7) is 3.60. The quantitative estimate of drug-likeness (QED) is 0.677. The van der Waals surface area contributed by atoms with Gasteiger partial charge in [-0.05, 0) is 43.4 Å². The van der Waals surface area contributed by atoms with Gasteiger partial charge in [-0.3, -0.25) is 0 Å². The van der Waals surface area contributed by atoms with Gasteiger partial charge in [-0.25, -0.2) is 4.79 Å². The molecule has 0 amide bonds. The first-order valence-corrected chi connectivity index (χ1v) is 5.08. The van der Waals surface area contributed by atoms with Crippen molar-refractivity contribution >= 4 is 5.97 Å². The van der Waals surface area contributed by atoms with Crippen molar-refractivity contribution in [2.24, 2.45) is 17.8 Å². The van der Waals surface area contributed by atoms with Crippen LogP contribution in [0.15, 0.2) is 12.2 Å². The molecule has 2 nitrogen and oxygen atoms in total. The lowest BCUT2D eigenvalue weighted by atomic mass is 9.84. The first kappa shape index (κ1) is 8.79. The molecule has 0 aromatic heterocycles. The van der Waals surface area contributed by atoms with Crippen molar-refractivity contribution in [2.45, 2.75) is 32.1 Å². The van der Waals surface area contributed by atoms with Crippen LogP contribution in [0, 0.1) is 17.8 Å². The number of hydrogen-bond donors (Lipinski definition) is 1. The second-order valence-electron chi connectivity index (χ2n) is 4.55. The molecule has 2 bridgehead atoms. The van der Waals surface area contributed by atoms with Gasteiger partial charge in [0.25, 0.3) is 0 Å². The molecule has 13 heavy (non-hydrogen) atoms. The molecular weight excluding hydrogens is 164 g/mol. The van der Waals surface area contributed by atoms with Gasteiger partial charge in [-0.2, -0.15) is 0 Å². The van der Waals surface area contributed by atoms with Crippen LogP contribution < -0.4 is 0 Å². The fourth-order valence-electron chi connectivity index (χ4n) is 3.03. The zero-order valence-electron chi connectivity index (χ0n) is 7.83. The maximum absolute atomic E-state index is 10.6. The van der Waals surface area contributed by atoms with Crippen molar-refractivity contribution in [2.75, 3.05) is 0 Å². The van der Waals surface area contributed by atoms with E-state index in [0.29, 0.717) is 11.5 Å². The van der Waals surface area contributed by atoms with Gasteiger partial charge in [0.15, 0.2) is 0 Å². The van der Waals surface area contributed by atoms with E-state index in [2.05, 4.69) is 6.58 Å². The minimum absolute atomic E-state index is 0.401. The van der Waals surface area contributed by atoms with E-state index in [-0.39, 0.29) is 0 Å². The molecule has 0 saturated heterocycles. The smallest absolute Gasteiger partial charge is 0.330 e. The van der Waals surface area contributed by atoms with Crippen LogP contribution in [0.5, 0.6) is 0 Å². The van der Waals surface area contributed by atoms with Gasteiger partial charge in [0.05, 0.1) is 0 Å². The van der Waals surface area contributed by atoms with E-state index in [9.17, 15) is 4.79 Å². The molecule has 0 aromatic carbocycles. The molecule has 0 aliphatic heterocycles. The largest absolute Gasteiger partial charge is 0.478 e. The number of carboxylic acids is 1. The van der Waals surface area contributed by atoms with E-state index in [1.54, 1.807) is 0 Å². The summed E-state index contributed by atoms with van der Waals surface area (Å²) in [6.07, 6.45) is 6.01. The molecule has 2 aliphatic carbocycles. The van der Waals surface area contributed by atoms with Gasteiger partial charge >= 0.3 is 5.97 Å². The zero-order chi connectivity index (χ0) is 9.42. The van der Waals surface area contributed by atoms with Crippen molar-refractivity contribution in [1.29, 1.82) is 0 Å². The number of aliphatic carboxylic acids is 1. The highest BCUT2D eigenvalue weighted by Crippen LogP contribution is 2.50. The van der Waals surface area contributed by atoms with E-state index in [0.717, 1.165) is 18.3 Å². The van der Waals surface area contributed by atoms with Crippen molar-refractivity contribution in [3.05, 3.63) is 12.2 Å². The number of carboxylic acid groups (broad SMARTS) is 1. The van der Waals surface area contributed by atoms with Crippen molar-refractivity contribution < 1.29 is 9.90 Å². The van der Waals surface area contributed by atoms with Crippen LogP contribution >= 0.6 is 0 Å². The number of fused-ring (bicyclic) bond motifs is 2. The van der Waals surface area contributed by atoms with Gasteiger partial charge < -0.3 is 5.11 Å². The average molecular weight is 180 g/mol. The third-order valence-electron chi connectivity index (χ3n) is 3.70. The second-order valence-corrected chi connectivity index (χ2v) is 4.55. The van der Waals surface area contributed by atoms with Crippen molar-refractivity contribution in [3.8, 4) is 0 Å². The Balaban J connectivity index is 1.90. The Morgan fingerprint density at radius 1 is 1.38 bits per heavy atom. The highest BCUT2D eigenvalue weighted by molar-refractivity contribution is 5.85. The third-order valence-corrected chi connectivity index (χ3v) is 3.70. The average Bonchev–Trinajstić information content (AvgIpc) is 2.64. The molecule has 3 atom stereocenters. The molecule has 0 spiro atoms. The highest BCUT2D eigenvalue weighted by atomic mass is 16.4. The molecule has 2 fully saturated rings. The van der Waals surface area contributed by atoms with Crippen molar-refractivity contribution in [3.63, 3.8) is 0 Å². The monoisotopic (exact) mass is 180 g/mol. The van der Waals surface area contributed by atoms with Crippen LogP contribution in [0.3, 0.4) is 0 Å². The van der Waals surface area contributed by atoms with Crippen LogP contribution in [-0.2, 0) is 4.79 Å². The summed E-state index contributed by atoms with van der Waals surface area (Å²) in [5.41, 5.74) is 0.401. The van der Waals surface area contributed by atoms with Gasteiger partial charge in [0.1, 0.15) is 0 Å². The Hall–Kier alpha value is -0.790. The zero-order valence-corrected chi connectivity index (χ0v) is 7.83. The van der Waals surface area contributed by atoms with E-state index >= 15 is 0 Å². The van der Waals surface area contributed by atoms with Gasteiger partial charge in [-0.15, -0.1) is 0 Å². The standard InChI is InChI=1S/C11H16O2/c1-7(11(12)13)4-10-6-8-2-3-9(10)5-8/h8-10H,1-6H2,(H,12,13). The Kier molecular flexibility index (Phi) is 2.14. The Bertz CT molecular complexity index is 244. The minimum atomic E-state index is -0.817. The lowest BCUT2D eigenvalue weighted by Crippen LogP contribution is -2.13. The molecule has 1 N–H and O–H groups in total. The maximum atomic E-state index is 10.6. The van der Waals surface area contributed by atoms with Gasteiger partial charge in [0, 0.05) is 5.57 Å². The number of hydrogen-bond acceptors (Lipinski definition) is 1. The molecule has 72 valence electrons. The summed E-state index contributed by atoms with van der Waals surface area (Å²) in [7, 11) is 0. The van der Waals surface area contributed by atoms with E-state index in [1.165, 1.54) is 25.7 Å². The summed E-state index contributed by atoms with van der Waals surface area (Å²) in [5.74, 6) is 1.52.